The highest BCUT2D eigenvalue weighted by molar-refractivity contribution is 7.17. The van der Waals surface area contributed by atoms with Gasteiger partial charge in [-0.3, -0.25) is 0 Å². The Morgan fingerprint density at radius 1 is 1.03 bits per heavy atom. The third-order valence-corrected chi connectivity index (χ3v) is 5.88. The molecule has 0 amide bonds. The molecule has 0 bridgehead atoms. The van der Waals surface area contributed by atoms with E-state index in [4.69, 9.17) is 0 Å². The molecule has 30 heavy (non-hydrogen) atoms. The van der Waals surface area contributed by atoms with E-state index in [1.165, 1.54) is 10.1 Å². The first-order valence-electron chi connectivity index (χ1n) is 9.89. The van der Waals surface area contributed by atoms with Crippen LogP contribution in [0.25, 0.3) is 32.1 Å². The van der Waals surface area contributed by atoms with Crippen molar-refractivity contribution in [3.05, 3.63) is 96.2 Å². The minimum atomic E-state index is 0. The van der Waals surface area contributed by atoms with Crippen molar-refractivity contribution in [3.63, 3.8) is 0 Å². The van der Waals surface area contributed by atoms with Crippen molar-refractivity contribution in [2.75, 3.05) is 19.4 Å². The number of nitrogens with one attached hydrogen (secondary N) is 1. The Balaban J connectivity index is 0.00000272. The summed E-state index contributed by atoms with van der Waals surface area (Å²) in [6.07, 6.45) is 7.97. The van der Waals surface area contributed by atoms with Gasteiger partial charge in [0, 0.05) is 43.7 Å². The van der Waals surface area contributed by atoms with Gasteiger partial charge in [0.05, 0.1) is 0 Å². The average Bonchev–Trinajstić information content (AvgIpc) is 3.23. The normalized spacial score (nSPS) is 12.4. The van der Waals surface area contributed by atoms with Crippen LogP contribution >= 0.6 is 11.3 Å². The van der Waals surface area contributed by atoms with Gasteiger partial charge in [-0.25, -0.2) is 4.98 Å². The Kier molecular flexibility index (Phi) is 5.68. The second-order valence-electron chi connectivity index (χ2n) is 7.38. The molecule has 0 aliphatic heterocycles. The number of hydrogen-bond acceptors (Lipinski definition) is 4. The molecule has 0 fully saturated rings. The summed E-state index contributed by atoms with van der Waals surface area (Å²) in [7, 11) is 4.03. The molecule has 0 aliphatic carbocycles. The highest BCUT2D eigenvalue weighted by atomic mass is 32.1. The number of hydrogen-bond donors (Lipinski definition) is 1. The summed E-state index contributed by atoms with van der Waals surface area (Å²) >= 11 is 1.76. The molecule has 2 aromatic carbocycles. The van der Waals surface area contributed by atoms with Crippen LogP contribution in [0.15, 0.2) is 85.0 Å². The number of allylic oxidation sites excluding steroid dienone is 3. The van der Waals surface area contributed by atoms with Gasteiger partial charge < -0.3 is 10.2 Å². The summed E-state index contributed by atoms with van der Waals surface area (Å²) in [4.78, 5) is 6.65. The molecular weight excluding hydrogens is 386 g/mol. The number of pyridine rings is 1. The van der Waals surface area contributed by atoms with Gasteiger partial charge in [0.1, 0.15) is 5.82 Å². The molecule has 1 N–H and O–H groups in total. The SMILES string of the molecule is C=C/C(=C\N(C)C)c1ccc2cnc(N/C(=C/C)c3ccc4sccc4c3)cc2c1.[HH]. The fraction of sp³-hybridized carbons (Fsp3) is 0.115. The van der Waals surface area contributed by atoms with E-state index < -0.39 is 0 Å². The summed E-state index contributed by atoms with van der Waals surface area (Å²) in [5.41, 5.74) is 4.43. The van der Waals surface area contributed by atoms with Crippen LogP contribution in [-0.2, 0) is 0 Å². The maximum Gasteiger partial charge on any atom is 0.130 e. The molecular formula is C26H27N3S. The second-order valence-corrected chi connectivity index (χ2v) is 8.33. The zero-order valence-electron chi connectivity index (χ0n) is 17.5. The zero-order chi connectivity index (χ0) is 21.1. The van der Waals surface area contributed by atoms with E-state index in [-0.39, 0.29) is 1.43 Å². The maximum atomic E-state index is 4.62. The van der Waals surface area contributed by atoms with Crippen molar-refractivity contribution in [2.24, 2.45) is 0 Å². The Morgan fingerprint density at radius 2 is 1.83 bits per heavy atom. The van der Waals surface area contributed by atoms with E-state index in [0.717, 1.165) is 39.0 Å². The van der Waals surface area contributed by atoms with E-state index in [1.807, 2.05) is 38.2 Å². The lowest BCUT2D eigenvalue weighted by molar-refractivity contribution is 0.566. The largest absolute Gasteiger partial charge is 0.383 e. The van der Waals surface area contributed by atoms with Gasteiger partial charge in [0.15, 0.2) is 0 Å². The number of rotatable bonds is 6. The van der Waals surface area contributed by atoms with Crippen molar-refractivity contribution >= 4 is 49.3 Å². The Bertz CT molecular complexity index is 1280. The summed E-state index contributed by atoms with van der Waals surface area (Å²) in [5.74, 6) is 0.829. The number of nitrogens with zero attached hydrogens (tertiary/aromatic N) is 2. The number of fused-ring (bicyclic) bond motifs is 2. The first kappa shape index (κ1) is 19.9. The van der Waals surface area contributed by atoms with Crippen LogP contribution in [0.4, 0.5) is 5.82 Å². The first-order valence-corrected chi connectivity index (χ1v) is 10.8. The number of thiophene rings is 1. The van der Waals surface area contributed by atoms with Crippen LogP contribution in [0.3, 0.4) is 0 Å². The summed E-state index contributed by atoms with van der Waals surface area (Å²) in [6, 6.07) is 17.2. The molecule has 4 rings (SSSR count). The fourth-order valence-corrected chi connectivity index (χ4v) is 4.27. The Morgan fingerprint density at radius 3 is 2.60 bits per heavy atom. The van der Waals surface area contributed by atoms with Crippen LogP contribution in [0.1, 0.15) is 19.5 Å². The van der Waals surface area contributed by atoms with Crippen molar-refractivity contribution in [1.29, 1.82) is 0 Å². The number of aromatic nitrogens is 1. The zero-order valence-corrected chi connectivity index (χ0v) is 18.3. The molecule has 3 nitrogen and oxygen atoms in total. The second kappa shape index (κ2) is 8.56. The lowest BCUT2D eigenvalue weighted by Crippen LogP contribution is -2.02. The molecule has 0 unspecified atom stereocenters. The molecule has 4 aromatic rings. The molecule has 0 atom stereocenters. The van der Waals surface area contributed by atoms with Crippen molar-refractivity contribution < 1.29 is 1.43 Å². The first-order chi connectivity index (χ1) is 14.6. The molecule has 4 heteroatoms. The maximum absolute atomic E-state index is 4.62. The minimum Gasteiger partial charge on any atom is -0.383 e. The monoisotopic (exact) mass is 413 g/mol. The summed E-state index contributed by atoms with van der Waals surface area (Å²) in [5, 5.41) is 9.14. The van der Waals surface area contributed by atoms with Crippen molar-refractivity contribution in [1.82, 2.24) is 9.88 Å². The third-order valence-electron chi connectivity index (χ3n) is 4.99. The highest BCUT2D eigenvalue weighted by Gasteiger charge is 2.07. The van der Waals surface area contributed by atoms with E-state index in [0.29, 0.717) is 0 Å². The van der Waals surface area contributed by atoms with Gasteiger partial charge >= 0.3 is 0 Å². The number of benzene rings is 2. The van der Waals surface area contributed by atoms with E-state index in [2.05, 4.69) is 83.1 Å². The average molecular weight is 414 g/mol. The smallest absolute Gasteiger partial charge is 0.130 e. The van der Waals surface area contributed by atoms with E-state index in [9.17, 15) is 0 Å². The van der Waals surface area contributed by atoms with Crippen LogP contribution < -0.4 is 5.32 Å². The molecule has 152 valence electrons. The third kappa shape index (κ3) is 4.14. The minimum absolute atomic E-state index is 0. The molecule has 2 aromatic heterocycles. The van der Waals surface area contributed by atoms with Gasteiger partial charge in [0.2, 0.25) is 0 Å². The molecule has 0 aliphatic rings. The van der Waals surface area contributed by atoms with Gasteiger partial charge in [-0.05, 0) is 70.1 Å². The molecule has 0 spiro atoms. The molecule has 0 saturated carbocycles. The van der Waals surface area contributed by atoms with Crippen molar-refractivity contribution in [3.8, 4) is 0 Å². The van der Waals surface area contributed by atoms with E-state index in [1.54, 1.807) is 11.3 Å². The predicted octanol–water partition coefficient (Wildman–Crippen LogP) is 7.26. The topological polar surface area (TPSA) is 28.2 Å². The predicted molar refractivity (Wildman–Crippen MR) is 135 cm³/mol. The van der Waals surface area contributed by atoms with Gasteiger partial charge in [-0.15, -0.1) is 11.3 Å². The van der Waals surface area contributed by atoms with E-state index >= 15 is 0 Å². The summed E-state index contributed by atoms with van der Waals surface area (Å²) in [6.45, 7) is 6.01. The lowest BCUT2D eigenvalue weighted by Gasteiger charge is -2.13. The van der Waals surface area contributed by atoms with Gasteiger partial charge in [-0.1, -0.05) is 36.9 Å². The lowest BCUT2D eigenvalue weighted by atomic mass is 10.0. The summed E-state index contributed by atoms with van der Waals surface area (Å²) < 4.78 is 1.30. The van der Waals surface area contributed by atoms with Crippen LogP contribution in [0.5, 0.6) is 0 Å². The quantitative estimate of drug-likeness (QED) is 0.337. The molecule has 2 heterocycles. The van der Waals surface area contributed by atoms with Crippen LogP contribution in [-0.4, -0.2) is 24.0 Å². The Hall–Kier alpha value is -3.37. The standard InChI is InChI=1S/C26H25N3S.H2/c1-5-18(17-29(3)4)19-7-8-22-16-27-26(15-23(22)13-19)28-24(6-2)20-9-10-25-21(14-20)11-12-30-25;/h5-17H,1H2,2-4H3,(H,27,28);1H/b18-17+,24-6+;. The van der Waals surface area contributed by atoms with Gasteiger partial charge in [0.25, 0.3) is 0 Å². The highest BCUT2D eigenvalue weighted by Crippen LogP contribution is 2.28. The molecule has 0 saturated heterocycles. The van der Waals surface area contributed by atoms with Gasteiger partial charge in [-0.2, -0.15) is 0 Å². The van der Waals surface area contributed by atoms with Crippen molar-refractivity contribution in [2.45, 2.75) is 6.92 Å². The molecule has 0 radical (unpaired) electrons. The number of anilines is 1. The Labute approximate surface area is 183 Å². The fourth-order valence-electron chi connectivity index (χ4n) is 3.50. The van der Waals surface area contributed by atoms with Crippen LogP contribution in [0, 0.1) is 0 Å². The van der Waals surface area contributed by atoms with Crippen LogP contribution in [0.2, 0.25) is 0 Å².